The fraction of sp³-hybridized carbons (Fsp3) is 0.625. The van der Waals surface area contributed by atoms with E-state index in [4.69, 9.17) is 18.9 Å². The number of ether oxygens (including phenoxy) is 2. The molecule has 0 unspecified atom stereocenters. The summed E-state index contributed by atoms with van der Waals surface area (Å²) in [6.07, 6.45) is 2.58. The molecule has 2 aromatic rings. The molecule has 0 N–H and O–H groups in total. The predicted molar refractivity (Wildman–Crippen MR) is 118 cm³/mol. The highest BCUT2D eigenvalue weighted by Gasteiger charge is 2.25. The molecule has 30 heavy (non-hydrogen) atoms. The van der Waals surface area contributed by atoms with Crippen LogP contribution < -0.4 is 4.74 Å². The summed E-state index contributed by atoms with van der Waals surface area (Å²) < 4.78 is 17.0. The SMILES string of the molecule is COc1cc(C)c(-c2nc(CN3CCC[C@H](CN4CCOCC4)C3)c(C)o2)cc1C. The van der Waals surface area contributed by atoms with Gasteiger partial charge in [0, 0.05) is 38.3 Å². The standard InChI is InChI=1S/C24H35N3O3/c1-17-13-23(28-4)18(2)12-21(17)24-25-22(19(3)30-24)16-27-7-5-6-20(15-27)14-26-8-10-29-11-9-26/h12-13,20H,5-11,14-16H2,1-4H3/t20-/m1/s1. The molecule has 4 rings (SSSR count). The summed E-state index contributed by atoms with van der Waals surface area (Å²) in [7, 11) is 1.71. The molecule has 0 saturated carbocycles. The molecule has 0 aliphatic carbocycles. The summed E-state index contributed by atoms with van der Waals surface area (Å²) in [6.45, 7) is 14.4. The number of morpholine rings is 1. The van der Waals surface area contributed by atoms with Crippen molar-refractivity contribution in [1.82, 2.24) is 14.8 Å². The van der Waals surface area contributed by atoms with Crippen molar-refractivity contribution >= 4 is 0 Å². The summed E-state index contributed by atoms with van der Waals surface area (Å²) in [5, 5.41) is 0. The van der Waals surface area contributed by atoms with Gasteiger partial charge in [0.1, 0.15) is 11.5 Å². The van der Waals surface area contributed by atoms with Gasteiger partial charge in [-0.05, 0) is 69.3 Å². The second kappa shape index (κ2) is 9.50. The zero-order chi connectivity index (χ0) is 21.1. The molecule has 0 amide bonds. The first-order valence-corrected chi connectivity index (χ1v) is 11.2. The van der Waals surface area contributed by atoms with E-state index >= 15 is 0 Å². The summed E-state index contributed by atoms with van der Waals surface area (Å²) in [6, 6.07) is 4.17. The summed E-state index contributed by atoms with van der Waals surface area (Å²) >= 11 is 0. The maximum Gasteiger partial charge on any atom is 0.226 e. The summed E-state index contributed by atoms with van der Waals surface area (Å²) in [5.41, 5.74) is 4.32. The van der Waals surface area contributed by atoms with Gasteiger partial charge in [-0.1, -0.05) is 0 Å². The molecule has 0 bridgehead atoms. The third-order valence-electron chi connectivity index (χ3n) is 6.46. The van der Waals surface area contributed by atoms with E-state index < -0.39 is 0 Å². The van der Waals surface area contributed by atoms with Gasteiger partial charge >= 0.3 is 0 Å². The summed E-state index contributed by atoms with van der Waals surface area (Å²) in [4.78, 5) is 10.0. The monoisotopic (exact) mass is 413 g/mol. The Morgan fingerprint density at radius 1 is 1.07 bits per heavy atom. The van der Waals surface area contributed by atoms with E-state index in [0.717, 1.165) is 85.7 Å². The Morgan fingerprint density at radius 3 is 2.63 bits per heavy atom. The Labute approximate surface area is 180 Å². The molecule has 1 aromatic carbocycles. The maximum absolute atomic E-state index is 6.10. The molecule has 3 heterocycles. The number of hydrogen-bond donors (Lipinski definition) is 0. The van der Waals surface area contributed by atoms with Gasteiger partial charge in [0.05, 0.1) is 26.0 Å². The molecule has 2 fully saturated rings. The number of rotatable bonds is 6. The molecule has 164 valence electrons. The van der Waals surface area contributed by atoms with Crippen molar-refractivity contribution in [2.45, 2.75) is 40.2 Å². The van der Waals surface area contributed by atoms with Crippen LogP contribution in [0.5, 0.6) is 5.75 Å². The Bertz CT molecular complexity index is 858. The number of likely N-dealkylation sites (tertiary alicyclic amines) is 1. The Kier molecular flexibility index (Phi) is 6.76. The third kappa shape index (κ3) is 4.88. The predicted octanol–water partition coefficient (Wildman–Crippen LogP) is 3.82. The van der Waals surface area contributed by atoms with E-state index in [2.05, 4.69) is 35.8 Å². The lowest BCUT2D eigenvalue weighted by molar-refractivity contribution is 0.0223. The number of oxazole rings is 1. The number of nitrogens with zero attached hydrogens (tertiary/aromatic N) is 3. The molecule has 1 atom stereocenters. The van der Waals surface area contributed by atoms with Crippen LogP contribution in [0.1, 0.15) is 35.4 Å². The highest BCUT2D eigenvalue weighted by atomic mass is 16.5. The molecule has 6 heteroatoms. The molecule has 1 aromatic heterocycles. The van der Waals surface area contributed by atoms with E-state index in [1.807, 2.05) is 6.92 Å². The second-order valence-corrected chi connectivity index (χ2v) is 8.81. The van der Waals surface area contributed by atoms with Crippen molar-refractivity contribution < 1.29 is 13.9 Å². The van der Waals surface area contributed by atoms with Crippen LogP contribution in [-0.2, 0) is 11.3 Å². The van der Waals surface area contributed by atoms with Gasteiger partial charge in [-0.25, -0.2) is 4.98 Å². The van der Waals surface area contributed by atoms with Crippen LogP contribution in [0.4, 0.5) is 0 Å². The molecule has 6 nitrogen and oxygen atoms in total. The first-order valence-electron chi connectivity index (χ1n) is 11.2. The van der Waals surface area contributed by atoms with Crippen LogP contribution in [0, 0.1) is 26.7 Å². The lowest BCUT2D eigenvalue weighted by Gasteiger charge is -2.36. The van der Waals surface area contributed by atoms with Crippen LogP contribution in [-0.4, -0.2) is 67.8 Å². The van der Waals surface area contributed by atoms with Gasteiger partial charge in [-0.15, -0.1) is 0 Å². The molecule has 0 spiro atoms. The summed E-state index contributed by atoms with van der Waals surface area (Å²) in [5.74, 6) is 3.27. The molecule has 2 aliphatic heterocycles. The normalized spacial score (nSPS) is 21.1. The van der Waals surface area contributed by atoms with Crippen LogP contribution in [0.25, 0.3) is 11.5 Å². The number of methoxy groups -OCH3 is 1. The lowest BCUT2D eigenvalue weighted by atomic mass is 9.97. The first-order chi connectivity index (χ1) is 14.5. The van der Waals surface area contributed by atoms with Crippen molar-refractivity contribution in [3.63, 3.8) is 0 Å². The van der Waals surface area contributed by atoms with Crippen molar-refractivity contribution in [3.05, 3.63) is 34.7 Å². The van der Waals surface area contributed by atoms with Crippen LogP contribution in [0.3, 0.4) is 0 Å². The Balaban J connectivity index is 1.43. The topological polar surface area (TPSA) is 51.0 Å². The van der Waals surface area contributed by atoms with Crippen molar-refractivity contribution in [1.29, 1.82) is 0 Å². The van der Waals surface area contributed by atoms with Gasteiger partial charge in [-0.3, -0.25) is 9.80 Å². The van der Waals surface area contributed by atoms with Gasteiger partial charge < -0.3 is 13.9 Å². The van der Waals surface area contributed by atoms with Gasteiger partial charge in [0.2, 0.25) is 5.89 Å². The fourth-order valence-electron chi connectivity index (χ4n) is 4.73. The Hall–Kier alpha value is -1.89. The highest BCUT2D eigenvalue weighted by Crippen LogP contribution is 2.31. The van der Waals surface area contributed by atoms with Gasteiger partial charge in [0.15, 0.2) is 0 Å². The third-order valence-corrected chi connectivity index (χ3v) is 6.46. The van der Waals surface area contributed by atoms with E-state index in [1.54, 1.807) is 7.11 Å². The Morgan fingerprint density at radius 2 is 1.87 bits per heavy atom. The number of hydrogen-bond acceptors (Lipinski definition) is 6. The smallest absolute Gasteiger partial charge is 0.226 e. The molecule has 2 saturated heterocycles. The van der Waals surface area contributed by atoms with Crippen molar-refractivity contribution in [3.8, 4) is 17.2 Å². The maximum atomic E-state index is 6.10. The van der Waals surface area contributed by atoms with E-state index in [0.29, 0.717) is 5.89 Å². The minimum atomic E-state index is 0.715. The average Bonchev–Trinajstić information content (AvgIpc) is 3.10. The van der Waals surface area contributed by atoms with E-state index in [9.17, 15) is 0 Å². The molecular weight excluding hydrogens is 378 g/mol. The minimum Gasteiger partial charge on any atom is -0.496 e. The fourth-order valence-corrected chi connectivity index (χ4v) is 4.73. The number of piperidine rings is 1. The average molecular weight is 414 g/mol. The van der Waals surface area contributed by atoms with Crippen LogP contribution in [0.2, 0.25) is 0 Å². The second-order valence-electron chi connectivity index (χ2n) is 8.81. The molecule has 0 radical (unpaired) electrons. The zero-order valence-electron chi connectivity index (χ0n) is 18.9. The lowest BCUT2D eigenvalue weighted by Crippen LogP contribution is -2.44. The van der Waals surface area contributed by atoms with Gasteiger partial charge in [-0.2, -0.15) is 0 Å². The van der Waals surface area contributed by atoms with Crippen molar-refractivity contribution in [2.24, 2.45) is 5.92 Å². The first kappa shape index (κ1) is 21.3. The minimum absolute atomic E-state index is 0.715. The zero-order valence-corrected chi connectivity index (χ0v) is 18.9. The highest BCUT2D eigenvalue weighted by molar-refractivity contribution is 5.62. The number of aromatic nitrogens is 1. The quantitative estimate of drug-likeness (QED) is 0.718. The number of benzene rings is 1. The van der Waals surface area contributed by atoms with Crippen molar-refractivity contribution in [2.75, 3.05) is 53.0 Å². The molecular formula is C24H35N3O3. The largest absolute Gasteiger partial charge is 0.496 e. The van der Waals surface area contributed by atoms with Gasteiger partial charge in [0.25, 0.3) is 0 Å². The van der Waals surface area contributed by atoms with E-state index in [-0.39, 0.29) is 0 Å². The van der Waals surface area contributed by atoms with Crippen LogP contribution >= 0.6 is 0 Å². The number of aryl methyl sites for hydroxylation is 3. The van der Waals surface area contributed by atoms with E-state index in [1.165, 1.54) is 19.4 Å². The van der Waals surface area contributed by atoms with Crippen LogP contribution in [0.15, 0.2) is 16.5 Å². The molecule has 2 aliphatic rings.